The van der Waals surface area contributed by atoms with Crippen LogP contribution in [0.1, 0.15) is 65.3 Å². The summed E-state index contributed by atoms with van der Waals surface area (Å²) in [5.41, 5.74) is 8.82. The van der Waals surface area contributed by atoms with Crippen molar-refractivity contribution < 1.29 is 24.7 Å². The van der Waals surface area contributed by atoms with E-state index in [9.17, 15) is 0 Å². The van der Waals surface area contributed by atoms with Crippen LogP contribution in [-0.4, -0.2) is 0 Å². The molecule has 0 saturated heterocycles. The molecule has 1 fully saturated rings. The van der Waals surface area contributed by atoms with Crippen LogP contribution in [0.4, 0.5) is 0 Å². The molecule has 3 heteroatoms. The Labute approximate surface area is 179 Å². The molecule has 1 atom stereocenters. The number of allylic oxidation sites excluding steroid dienone is 1. The minimum absolute atomic E-state index is 0. The van der Waals surface area contributed by atoms with Crippen molar-refractivity contribution in [2.24, 2.45) is 0 Å². The van der Waals surface area contributed by atoms with E-state index in [4.69, 9.17) is 0 Å². The van der Waals surface area contributed by atoms with E-state index in [1.807, 2.05) is 0 Å². The van der Waals surface area contributed by atoms with Gasteiger partial charge in [0.1, 0.15) is 0 Å². The van der Waals surface area contributed by atoms with Gasteiger partial charge in [-0.05, 0) is 0 Å². The fourth-order valence-corrected chi connectivity index (χ4v) is 5.00. The van der Waals surface area contributed by atoms with Crippen LogP contribution in [0.2, 0.25) is 0 Å². The first-order chi connectivity index (χ1) is 11.2. The van der Waals surface area contributed by atoms with Crippen LogP contribution in [0, 0.1) is 0 Å². The Balaban J connectivity index is 0.00000113. The maximum atomic E-state index is 2.40. The van der Waals surface area contributed by atoms with Gasteiger partial charge in [0.25, 0.3) is 0 Å². The Morgan fingerprint density at radius 1 is 0.880 bits per heavy atom. The van der Waals surface area contributed by atoms with E-state index < -0.39 is 0 Å². The van der Waals surface area contributed by atoms with Crippen molar-refractivity contribution in [3.8, 4) is 11.1 Å². The maximum Gasteiger partial charge on any atom is -0.147 e. The van der Waals surface area contributed by atoms with Crippen molar-refractivity contribution in [2.75, 3.05) is 0 Å². The summed E-state index contributed by atoms with van der Waals surface area (Å²) in [6.07, 6.45) is 9.40. The van der Waals surface area contributed by atoms with Crippen LogP contribution in [0.25, 0.3) is 17.2 Å². The summed E-state index contributed by atoms with van der Waals surface area (Å²) in [7, 11) is 0. The summed E-state index contributed by atoms with van der Waals surface area (Å²) < 4.78 is 0.652. The third kappa shape index (κ3) is 4.15. The molecule has 4 rings (SSSR count). The van der Waals surface area contributed by atoms with Crippen LogP contribution in [0.15, 0.2) is 48.0 Å². The van der Waals surface area contributed by atoms with E-state index in [0.717, 1.165) is 5.92 Å². The zero-order chi connectivity index (χ0) is 15.8. The van der Waals surface area contributed by atoms with E-state index in [0.29, 0.717) is 3.63 Å². The van der Waals surface area contributed by atoms with Gasteiger partial charge in [-0.3, -0.25) is 0 Å². The van der Waals surface area contributed by atoms with Crippen LogP contribution in [0.5, 0.6) is 0 Å². The van der Waals surface area contributed by atoms with Gasteiger partial charge in [-0.25, -0.2) is 0 Å². The average Bonchev–Trinajstić information content (AvgIpc) is 2.91. The molecule has 25 heavy (non-hydrogen) atoms. The minimum Gasteiger partial charge on any atom is -0.147 e. The van der Waals surface area contributed by atoms with Crippen molar-refractivity contribution in [3.05, 3.63) is 64.7 Å². The molecule has 0 nitrogen and oxygen atoms in total. The van der Waals surface area contributed by atoms with Gasteiger partial charge in [0.15, 0.2) is 0 Å². The summed E-state index contributed by atoms with van der Waals surface area (Å²) in [6.45, 7) is 2.27. The van der Waals surface area contributed by atoms with Crippen LogP contribution >= 0.6 is 24.8 Å². The molecular formula is C22H25Cl2Zr. The van der Waals surface area contributed by atoms with Gasteiger partial charge < -0.3 is 0 Å². The largest absolute Gasteiger partial charge is 0.147 e. The molecule has 2 aliphatic carbocycles. The van der Waals surface area contributed by atoms with Crippen molar-refractivity contribution in [1.82, 2.24) is 0 Å². The Hall–Kier alpha value is -0.357. The predicted molar refractivity (Wildman–Crippen MR) is 109 cm³/mol. The van der Waals surface area contributed by atoms with Gasteiger partial charge in [0.05, 0.1) is 0 Å². The average molecular weight is 452 g/mol. The van der Waals surface area contributed by atoms with Gasteiger partial charge in [0.2, 0.25) is 0 Å². The first kappa shape index (κ1) is 20.9. The molecular weight excluding hydrogens is 426 g/mol. The number of fused-ring (bicyclic) bond motifs is 1. The van der Waals surface area contributed by atoms with Crippen LogP contribution in [0.3, 0.4) is 0 Å². The Morgan fingerprint density at radius 2 is 1.56 bits per heavy atom. The Kier molecular flexibility index (Phi) is 7.57. The molecule has 1 saturated carbocycles. The van der Waals surface area contributed by atoms with E-state index in [-0.39, 0.29) is 24.8 Å². The molecule has 0 N–H and O–H groups in total. The molecule has 1 unspecified atom stereocenters. The third-order valence-electron chi connectivity index (χ3n) is 5.58. The third-order valence-corrected chi connectivity index (χ3v) is 7.46. The van der Waals surface area contributed by atoms with Crippen molar-refractivity contribution in [2.45, 2.75) is 48.6 Å². The number of benzene rings is 2. The molecule has 0 radical (unpaired) electrons. The first-order valence-electron chi connectivity index (χ1n) is 8.86. The zero-order valence-corrected chi connectivity index (χ0v) is 18.7. The van der Waals surface area contributed by atoms with Gasteiger partial charge in [-0.15, -0.1) is 24.8 Å². The van der Waals surface area contributed by atoms with E-state index in [2.05, 4.69) is 55.5 Å². The number of hydrogen-bond donors (Lipinski definition) is 0. The quantitative estimate of drug-likeness (QED) is 0.451. The minimum atomic E-state index is 0. The predicted octanol–water partition coefficient (Wildman–Crippen LogP) is 7.25. The Morgan fingerprint density at radius 3 is 2.24 bits per heavy atom. The molecule has 2 aromatic rings. The molecule has 0 heterocycles. The summed E-state index contributed by atoms with van der Waals surface area (Å²) >= 11 is 1.60. The molecule has 0 amide bonds. The molecule has 2 aromatic carbocycles. The van der Waals surface area contributed by atoms with Gasteiger partial charge in [-0.1, -0.05) is 0 Å². The Bertz CT molecular complexity index is 743. The molecule has 0 aliphatic heterocycles. The smallest absolute Gasteiger partial charge is 0.147 e. The zero-order valence-electron chi connectivity index (χ0n) is 14.6. The van der Waals surface area contributed by atoms with Gasteiger partial charge in [-0.2, -0.15) is 0 Å². The van der Waals surface area contributed by atoms with Crippen molar-refractivity contribution in [3.63, 3.8) is 0 Å². The second-order valence-corrected chi connectivity index (χ2v) is 8.51. The standard InChI is InChI=1S/C22H23.2ClH.Zr/c1-16-14-20-8-5-9-21(22(20)15-16)19-12-10-18(11-13-19)17-6-3-2-4-7-17;;;/h5,8-15,17H,2-4,6-7H2,1H3;2*1H;. The fourth-order valence-electron chi connectivity index (χ4n) is 4.17. The number of hydrogen-bond acceptors (Lipinski definition) is 0. The summed E-state index contributed by atoms with van der Waals surface area (Å²) in [5, 5.41) is 0. The van der Waals surface area contributed by atoms with E-state index in [1.54, 1.807) is 30.3 Å². The molecule has 0 bridgehead atoms. The second-order valence-electron chi connectivity index (χ2n) is 7.09. The monoisotopic (exact) mass is 449 g/mol. The van der Waals surface area contributed by atoms with E-state index in [1.165, 1.54) is 59.9 Å². The van der Waals surface area contributed by atoms with Gasteiger partial charge in [0, 0.05) is 0 Å². The molecule has 0 aromatic heterocycles. The number of rotatable bonds is 2. The topological polar surface area (TPSA) is 0 Å². The van der Waals surface area contributed by atoms with Crippen LogP contribution < -0.4 is 0 Å². The molecule has 131 valence electrons. The normalized spacial score (nSPS) is 19.4. The molecule has 2 aliphatic rings. The second kappa shape index (κ2) is 9.03. The molecule has 0 spiro atoms. The van der Waals surface area contributed by atoms with Crippen LogP contribution in [-0.2, 0) is 24.7 Å². The number of halogens is 2. The SMILES string of the molecule is CC1=Cc2c(-c3ccc(C4CCCCC4)cc3)cccc2[CH]1[Zr].Cl.Cl. The summed E-state index contributed by atoms with van der Waals surface area (Å²) in [4.78, 5) is 0. The first-order valence-corrected chi connectivity index (χ1v) is 10.3. The summed E-state index contributed by atoms with van der Waals surface area (Å²) in [6, 6.07) is 16.3. The van der Waals surface area contributed by atoms with E-state index >= 15 is 0 Å². The van der Waals surface area contributed by atoms with Crippen molar-refractivity contribution >= 4 is 30.9 Å². The fraction of sp³-hybridized carbons (Fsp3) is 0.364. The van der Waals surface area contributed by atoms with Crippen molar-refractivity contribution in [1.29, 1.82) is 0 Å². The van der Waals surface area contributed by atoms with Gasteiger partial charge >= 0.3 is 155 Å². The maximum absolute atomic E-state index is 2.40. The summed E-state index contributed by atoms with van der Waals surface area (Å²) in [5.74, 6) is 0.797.